The molecule has 110 valence electrons. The van der Waals surface area contributed by atoms with Crippen molar-refractivity contribution in [1.29, 1.82) is 0 Å². The molecule has 2 saturated carbocycles. The van der Waals surface area contributed by atoms with E-state index in [1.165, 1.54) is 12.8 Å². The first-order chi connectivity index (χ1) is 9.78. The van der Waals surface area contributed by atoms with Crippen molar-refractivity contribution >= 4 is 11.6 Å². The molecule has 0 bridgehead atoms. The SMILES string of the molecule is CCCNc1cc(NC2CC(OC)C2)nc(C2CC2)n1. The Morgan fingerprint density at radius 1 is 1.25 bits per heavy atom. The van der Waals surface area contributed by atoms with E-state index in [2.05, 4.69) is 27.5 Å². The molecule has 2 fully saturated rings. The van der Waals surface area contributed by atoms with Crippen molar-refractivity contribution < 1.29 is 4.74 Å². The summed E-state index contributed by atoms with van der Waals surface area (Å²) in [6.45, 7) is 3.12. The predicted molar refractivity (Wildman–Crippen MR) is 80.2 cm³/mol. The van der Waals surface area contributed by atoms with Crippen LogP contribution in [0.15, 0.2) is 6.07 Å². The van der Waals surface area contributed by atoms with E-state index in [-0.39, 0.29) is 0 Å². The molecule has 0 radical (unpaired) electrons. The van der Waals surface area contributed by atoms with Crippen LogP contribution in [0.1, 0.15) is 50.8 Å². The van der Waals surface area contributed by atoms with E-state index in [0.717, 1.165) is 43.3 Å². The van der Waals surface area contributed by atoms with E-state index in [4.69, 9.17) is 4.74 Å². The zero-order valence-electron chi connectivity index (χ0n) is 12.4. The minimum atomic E-state index is 0.412. The van der Waals surface area contributed by atoms with Crippen molar-refractivity contribution in [2.24, 2.45) is 0 Å². The Labute approximate surface area is 120 Å². The number of nitrogens with zero attached hydrogens (tertiary/aromatic N) is 2. The van der Waals surface area contributed by atoms with Gasteiger partial charge in [0.1, 0.15) is 17.5 Å². The average Bonchev–Trinajstić information content (AvgIpc) is 3.24. The Balaban J connectivity index is 1.67. The van der Waals surface area contributed by atoms with Crippen LogP contribution in [0.4, 0.5) is 11.6 Å². The highest BCUT2D eigenvalue weighted by Gasteiger charge is 2.30. The molecule has 0 atom stereocenters. The molecule has 1 heterocycles. The number of methoxy groups -OCH3 is 1. The van der Waals surface area contributed by atoms with Gasteiger partial charge >= 0.3 is 0 Å². The third-order valence-electron chi connectivity index (χ3n) is 4.02. The van der Waals surface area contributed by atoms with E-state index >= 15 is 0 Å². The summed E-state index contributed by atoms with van der Waals surface area (Å²) in [6, 6.07) is 2.52. The van der Waals surface area contributed by atoms with Gasteiger partial charge in [-0.1, -0.05) is 6.92 Å². The van der Waals surface area contributed by atoms with Gasteiger partial charge in [0.05, 0.1) is 6.10 Å². The van der Waals surface area contributed by atoms with E-state index < -0.39 is 0 Å². The quantitative estimate of drug-likeness (QED) is 0.802. The molecule has 0 spiro atoms. The third-order valence-corrected chi connectivity index (χ3v) is 4.02. The Hall–Kier alpha value is -1.36. The molecule has 1 aromatic rings. The largest absolute Gasteiger partial charge is 0.381 e. The van der Waals surface area contributed by atoms with Gasteiger partial charge in [-0.3, -0.25) is 0 Å². The van der Waals surface area contributed by atoms with Crippen LogP contribution in [0.25, 0.3) is 0 Å². The molecule has 20 heavy (non-hydrogen) atoms. The number of rotatable bonds is 7. The topological polar surface area (TPSA) is 59.1 Å². The maximum absolute atomic E-state index is 5.32. The van der Waals surface area contributed by atoms with E-state index in [1.54, 1.807) is 7.11 Å². The molecule has 0 aliphatic heterocycles. The Morgan fingerprint density at radius 3 is 2.65 bits per heavy atom. The lowest BCUT2D eigenvalue weighted by atomic mass is 9.89. The van der Waals surface area contributed by atoms with Gasteiger partial charge in [-0.15, -0.1) is 0 Å². The molecular weight excluding hydrogens is 252 g/mol. The minimum absolute atomic E-state index is 0.412. The van der Waals surface area contributed by atoms with Gasteiger partial charge in [-0.2, -0.15) is 0 Å². The lowest BCUT2D eigenvalue weighted by Crippen LogP contribution is -2.40. The number of hydrogen-bond donors (Lipinski definition) is 2. The summed E-state index contributed by atoms with van der Waals surface area (Å²) < 4.78 is 5.32. The van der Waals surface area contributed by atoms with Crippen molar-refractivity contribution in [3.63, 3.8) is 0 Å². The number of anilines is 2. The molecule has 2 aliphatic rings. The van der Waals surface area contributed by atoms with E-state index in [9.17, 15) is 0 Å². The fourth-order valence-electron chi connectivity index (χ4n) is 2.49. The maximum Gasteiger partial charge on any atom is 0.136 e. The van der Waals surface area contributed by atoms with Crippen LogP contribution >= 0.6 is 0 Å². The Kier molecular flexibility index (Phi) is 4.05. The maximum atomic E-state index is 5.32. The van der Waals surface area contributed by atoms with Crippen LogP contribution in [0.2, 0.25) is 0 Å². The van der Waals surface area contributed by atoms with Crippen molar-refractivity contribution in [2.45, 2.75) is 57.1 Å². The van der Waals surface area contributed by atoms with Crippen LogP contribution in [-0.2, 0) is 4.74 Å². The Bertz CT molecular complexity index is 455. The molecule has 0 unspecified atom stereocenters. The highest BCUT2D eigenvalue weighted by Crippen LogP contribution is 2.39. The summed E-state index contributed by atoms with van der Waals surface area (Å²) in [4.78, 5) is 9.30. The van der Waals surface area contributed by atoms with Crippen molar-refractivity contribution in [1.82, 2.24) is 9.97 Å². The number of hydrogen-bond acceptors (Lipinski definition) is 5. The van der Waals surface area contributed by atoms with Gasteiger partial charge in [0.15, 0.2) is 0 Å². The highest BCUT2D eigenvalue weighted by molar-refractivity contribution is 5.49. The molecule has 1 aromatic heterocycles. The zero-order valence-corrected chi connectivity index (χ0v) is 12.4. The zero-order chi connectivity index (χ0) is 13.9. The summed E-state index contributed by atoms with van der Waals surface area (Å²) in [6.07, 6.45) is 6.10. The van der Waals surface area contributed by atoms with E-state index in [1.807, 2.05) is 6.07 Å². The second-order valence-corrected chi connectivity index (χ2v) is 5.87. The van der Waals surface area contributed by atoms with Crippen LogP contribution in [0.3, 0.4) is 0 Å². The summed E-state index contributed by atoms with van der Waals surface area (Å²) in [5, 5.41) is 6.88. The number of nitrogens with one attached hydrogen (secondary N) is 2. The monoisotopic (exact) mass is 276 g/mol. The molecule has 0 amide bonds. The van der Waals surface area contributed by atoms with Crippen molar-refractivity contribution in [3.05, 3.63) is 11.9 Å². The van der Waals surface area contributed by atoms with Gasteiger partial charge < -0.3 is 15.4 Å². The molecule has 0 aromatic carbocycles. The second-order valence-electron chi connectivity index (χ2n) is 5.87. The molecule has 5 nitrogen and oxygen atoms in total. The van der Waals surface area contributed by atoms with Crippen molar-refractivity contribution in [2.75, 3.05) is 24.3 Å². The fourth-order valence-corrected chi connectivity index (χ4v) is 2.49. The first-order valence-electron chi connectivity index (χ1n) is 7.70. The lowest BCUT2D eigenvalue weighted by Gasteiger charge is -2.35. The highest BCUT2D eigenvalue weighted by atomic mass is 16.5. The standard InChI is InChI=1S/C15H24N4O/c1-3-6-16-13-9-14(17-11-7-12(8-11)20-2)19-15(18-13)10-4-5-10/h9-12H,3-8H2,1-2H3,(H2,16,17,18,19). The number of ether oxygens (including phenoxy) is 1. The van der Waals surface area contributed by atoms with Gasteiger partial charge in [0.2, 0.25) is 0 Å². The first kappa shape index (κ1) is 13.6. The smallest absolute Gasteiger partial charge is 0.136 e. The van der Waals surface area contributed by atoms with Crippen LogP contribution in [0, 0.1) is 0 Å². The fraction of sp³-hybridized carbons (Fsp3) is 0.733. The summed E-state index contributed by atoms with van der Waals surface area (Å²) >= 11 is 0. The van der Waals surface area contributed by atoms with Gasteiger partial charge in [0.25, 0.3) is 0 Å². The second kappa shape index (κ2) is 5.95. The van der Waals surface area contributed by atoms with Crippen molar-refractivity contribution in [3.8, 4) is 0 Å². The summed E-state index contributed by atoms with van der Waals surface area (Å²) in [7, 11) is 1.78. The minimum Gasteiger partial charge on any atom is -0.381 e. The van der Waals surface area contributed by atoms with Crippen LogP contribution in [-0.4, -0.2) is 35.8 Å². The molecule has 5 heteroatoms. The van der Waals surface area contributed by atoms with E-state index in [0.29, 0.717) is 18.1 Å². The lowest BCUT2D eigenvalue weighted by molar-refractivity contribution is 0.0328. The average molecular weight is 276 g/mol. The van der Waals surface area contributed by atoms with Gasteiger partial charge in [-0.25, -0.2) is 9.97 Å². The first-order valence-corrected chi connectivity index (χ1v) is 7.70. The predicted octanol–water partition coefficient (Wildman–Crippen LogP) is 2.77. The molecule has 2 aliphatic carbocycles. The molecule has 3 rings (SSSR count). The molecule has 2 N–H and O–H groups in total. The van der Waals surface area contributed by atoms with Gasteiger partial charge in [-0.05, 0) is 32.1 Å². The molecular formula is C15H24N4O. The molecule has 0 saturated heterocycles. The summed E-state index contributed by atoms with van der Waals surface area (Å²) in [5.41, 5.74) is 0. The normalized spacial score (nSPS) is 25.1. The number of aromatic nitrogens is 2. The Morgan fingerprint density at radius 2 is 2.00 bits per heavy atom. The van der Waals surface area contributed by atoms with Crippen LogP contribution < -0.4 is 10.6 Å². The summed E-state index contributed by atoms with van der Waals surface area (Å²) in [5.74, 6) is 3.48. The third kappa shape index (κ3) is 3.20. The van der Waals surface area contributed by atoms with Crippen LogP contribution in [0.5, 0.6) is 0 Å². The van der Waals surface area contributed by atoms with Gasteiger partial charge in [0, 0.05) is 31.7 Å².